The van der Waals surface area contributed by atoms with Gasteiger partial charge in [0, 0.05) is 30.1 Å². The normalized spacial score (nSPS) is 14.8. The Balaban J connectivity index is 1.79. The predicted octanol–water partition coefficient (Wildman–Crippen LogP) is 2.51. The minimum absolute atomic E-state index is 0.233. The molecule has 0 N–H and O–H groups in total. The van der Waals surface area contributed by atoms with Crippen molar-refractivity contribution in [3.05, 3.63) is 77.4 Å². The van der Waals surface area contributed by atoms with Crippen LogP contribution in [-0.2, 0) is 9.59 Å². The van der Waals surface area contributed by atoms with Crippen LogP contribution in [0.1, 0.15) is 27.9 Å². The lowest BCUT2D eigenvalue weighted by Gasteiger charge is -2.28. The summed E-state index contributed by atoms with van der Waals surface area (Å²) in [6.07, 6.45) is 1.31. The zero-order valence-electron chi connectivity index (χ0n) is 16.3. The molecule has 3 aromatic rings. The summed E-state index contributed by atoms with van der Waals surface area (Å²) in [4.78, 5) is 37.6. The van der Waals surface area contributed by atoms with Gasteiger partial charge in [-0.2, -0.15) is 0 Å². The number of carbonyl (C=O) groups excluding carboxylic acids is 3. The summed E-state index contributed by atoms with van der Waals surface area (Å²) in [5.74, 6) is -1.58. The minimum atomic E-state index is -1.31. The lowest BCUT2D eigenvalue weighted by atomic mass is 9.91. The molecule has 1 heterocycles. The summed E-state index contributed by atoms with van der Waals surface area (Å²) in [6.45, 7) is -0.233. The quantitative estimate of drug-likeness (QED) is 0.485. The van der Waals surface area contributed by atoms with Crippen LogP contribution in [0.4, 0.5) is 0 Å². The van der Waals surface area contributed by atoms with Crippen molar-refractivity contribution in [1.29, 1.82) is 0 Å². The van der Waals surface area contributed by atoms with Crippen LogP contribution in [0, 0.1) is 0 Å². The molecular formula is C24H18NO5-. The second-order valence-electron chi connectivity index (χ2n) is 6.96. The summed E-state index contributed by atoms with van der Waals surface area (Å²) in [5.41, 5.74) is 2.04. The Morgan fingerprint density at radius 2 is 1.67 bits per heavy atom. The minimum Gasteiger partial charge on any atom is -0.550 e. The molecule has 1 aliphatic rings. The molecule has 0 fully saturated rings. The summed E-state index contributed by atoms with van der Waals surface area (Å²) in [7, 11) is 1.61. The Labute approximate surface area is 173 Å². The molecule has 4 rings (SSSR count). The van der Waals surface area contributed by atoms with E-state index in [2.05, 4.69) is 0 Å². The van der Waals surface area contributed by atoms with Gasteiger partial charge in [-0.05, 0) is 52.2 Å². The number of aliphatic carboxylic acids is 1. The Morgan fingerprint density at radius 3 is 2.40 bits per heavy atom. The first-order valence-electron chi connectivity index (χ1n) is 9.43. The lowest BCUT2D eigenvalue weighted by Crippen LogP contribution is -2.43. The fourth-order valence-corrected chi connectivity index (χ4v) is 3.57. The van der Waals surface area contributed by atoms with E-state index < -0.39 is 24.2 Å². The van der Waals surface area contributed by atoms with Crippen molar-refractivity contribution in [1.82, 2.24) is 4.90 Å². The number of imide groups is 1. The third kappa shape index (κ3) is 3.55. The Hall–Kier alpha value is -3.93. The van der Waals surface area contributed by atoms with E-state index in [-0.39, 0.29) is 6.54 Å². The van der Waals surface area contributed by atoms with Crippen molar-refractivity contribution in [3.63, 3.8) is 0 Å². The Bertz CT molecular complexity index is 1210. The van der Waals surface area contributed by atoms with Crippen LogP contribution >= 0.6 is 0 Å². The highest BCUT2D eigenvalue weighted by molar-refractivity contribution is 6.33. The molecule has 6 nitrogen and oxygen atoms in total. The predicted molar refractivity (Wildman–Crippen MR) is 110 cm³/mol. The topological polar surface area (TPSA) is 86.7 Å². The molecule has 6 heteroatoms. The van der Waals surface area contributed by atoms with E-state index in [0.29, 0.717) is 16.7 Å². The molecule has 0 aromatic heterocycles. The second kappa shape index (κ2) is 7.83. The number of methoxy groups -OCH3 is 1. The molecule has 0 spiro atoms. The number of rotatable bonds is 5. The van der Waals surface area contributed by atoms with Gasteiger partial charge in [0.2, 0.25) is 0 Å². The molecule has 1 aliphatic heterocycles. The standard InChI is InChI=1S/C24H19NO5/c1-30-18-9-8-16-12-15(6-7-17(16)14-18)13-21-19-4-2-3-5-20(19)23(28)25(24(21)29)11-10-22(26)27/h2-9,12-14H,10-11H2,1H3,(H,26,27)/p-1/b21-13-. The number of amides is 2. The monoisotopic (exact) mass is 400 g/mol. The lowest BCUT2D eigenvalue weighted by molar-refractivity contribution is -0.305. The molecule has 2 amide bonds. The van der Waals surface area contributed by atoms with Gasteiger partial charge in [-0.1, -0.05) is 36.4 Å². The molecule has 0 radical (unpaired) electrons. The average molecular weight is 400 g/mol. The summed E-state index contributed by atoms with van der Waals surface area (Å²) in [6, 6.07) is 18.3. The molecule has 30 heavy (non-hydrogen) atoms. The number of carbonyl (C=O) groups is 3. The summed E-state index contributed by atoms with van der Waals surface area (Å²) >= 11 is 0. The van der Waals surface area contributed by atoms with Gasteiger partial charge in [-0.3, -0.25) is 14.5 Å². The molecule has 3 aromatic carbocycles. The molecule has 0 saturated carbocycles. The molecule has 0 unspecified atom stereocenters. The zero-order chi connectivity index (χ0) is 21.3. The van der Waals surface area contributed by atoms with Crippen LogP contribution in [0.5, 0.6) is 5.75 Å². The van der Waals surface area contributed by atoms with Gasteiger partial charge >= 0.3 is 0 Å². The molecule has 0 aliphatic carbocycles. The van der Waals surface area contributed by atoms with Gasteiger partial charge in [0.25, 0.3) is 11.8 Å². The van der Waals surface area contributed by atoms with Gasteiger partial charge in [0.05, 0.1) is 7.11 Å². The maximum atomic E-state index is 13.1. The Kier molecular flexibility index (Phi) is 5.06. The van der Waals surface area contributed by atoms with Crippen LogP contribution in [0.3, 0.4) is 0 Å². The van der Waals surface area contributed by atoms with Crippen molar-refractivity contribution in [3.8, 4) is 5.75 Å². The number of benzene rings is 3. The van der Waals surface area contributed by atoms with E-state index in [1.165, 1.54) is 0 Å². The molecule has 0 atom stereocenters. The van der Waals surface area contributed by atoms with E-state index in [1.807, 2.05) is 36.4 Å². The highest BCUT2D eigenvalue weighted by atomic mass is 16.5. The van der Waals surface area contributed by atoms with Crippen LogP contribution < -0.4 is 9.84 Å². The average Bonchev–Trinajstić information content (AvgIpc) is 2.76. The van der Waals surface area contributed by atoms with E-state index in [9.17, 15) is 19.5 Å². The van der Waals surface area contributed by atoms with Crippen LogP contribution in [0.2, 0.25) is 0 Å². The number of hydrogen-bond donors (Lipinski definition) is 0. The number of carboxylic acids is 1. The van der Waals surface area contributed by atoms with Crippen molar-refractivity contribution in [2.45, 2.75) is 6.42 Å². The van der Waals surface area contributed by atoms with Gasteiger partial charge in [0.15, 0.2) is 0 Å². The SMILES string of the molecule is COc1ccc2cc(/C=C3\C(=O)N(CCC(=O)[O-])C(=O)c4ccccc43)ccc2c1. The third-order valence-electron chi connectivity index (χ3n) is 5.09. The van der Waals surface area contributed by atoms with Crippen molar-refractivity contribution < 1.29 is 24.2 Å². The van der Waals surface area contributed by atoms with Gasteiger partial charge < -0.3 is 14.6 Å². The second-order valence-corrected chi connectivity index (χ2v) is 6.96. The van der Waals surface area contributed by atoms with E-state index in [0.717, 1.165) is 27.0 Å². The van der Waals surface area contributed by atoms with Gasteiger partial charge in [0.1, 0.15) is 5.75 Å². The smallest absolute Gasteiger partial charge is 0.261 e. The highest BCUT2D eigenvalue weighted by Gasteiger charge is 2.34. The maximum absolute atomic E-state index is 13.1. The van der Waals surface area contributed by atoms with Crippen molar-refractivity contribution in [2.75, 3.05) is 13.7 Å². The number of carboxylic acid groups (broad SMARTS) is 1. The zero-order valence-corrected chi connectivity index (χ0v) is 16.3. The molecule has 150 valence electrons. The van der Waals surface area contributed by atoms with Crippen LogP contribution in [0.25, 0.3) is 22.4 Å². The number of nitrogens with zero attached hydrogens (tertiary/aromatic N) is 1. The van der Waals surface area contributed by atoms with Crippen molar-refractivity contribution in [2.24, 2.45) is 0 Å². The fraction of sp³-hybridized carbons (Fsp3) is 0.125. The first-order chi connectivity index (χ1) is 14.5. The Morgan fingerprint density at radius 1 is 0.967 bits per heavy atom. The third-order valence-corrected chi connectivity index (χ3v) is 5.09. The highest BCUT2D eigenvalue weighted by Crippen LogP contribution is 2.31. The van der Waals surface area contributed by atoms with E-state index >= 15 is 0 Å². The first-order valence-corrected chi connectivity index (χ1v) is 9.43. The van der Waals surface area contributed by atoms with Gasteiger partial charge in [-0.25, -0.2) is 0 Å². The molecule has 0 saturated heterocycles. The number of fused-ring (bicyclic) bond motifs is 2. The van der Waals surface area contributed by atoms with Gasteiger partial charge in [-0.15, -0.1) is 0 Å². The summed E-state index contributed by atoms with van der Waals surface area (Å²) < 4.78 is 5.25. The van der Waals surface area contributed by atoms with Crippen molar-refractivity contribution >= 4 is 40.2 Å². The summed E-state index contributed by atoms with van der Waals surface area (Å²) in [5, 5.41) is 12.8. The maximum Gasteiger partial charge on any atom is 0.261 e. The molecule has 0 bridgehead atoms. The van der Waals surface area contributed by atoms with E-state index in [4.69, 9.17) is 4.74 Å². The first kappa shape index (κ1) is 19.4. The van der Waals surface area contributed by atoms with Crippen LogP contribution in [-0.4, -0.2) is 36.3 Å². The molecular weight excluding hydrogens is 382 g/mol. The number of hydrogen-bond acceptors (Lipinski definition) is 5. The largest absolute Gasteiger partial charge is 0.550 e. The fourth-order valence-electron chi connectivity index (χ4n) is 3.57. The van der Waals surface area contributed by atoms with Crippen LogP contribution in [0.15, 0.2) is 60.7 Å². The van der Waals surface area contributed by atoms with E-state index in [1.54, 1.807) is 37.5 Å². The number of ether oxygens (including phenoxy) is 1.